The molecule has 1 atom stereocenters. The van der Waals surface area contributed by atoms with E-state index in [9.17, 15) is 0 Å². The number of hydrogen-bond donors (Lipinski definition) is 2. The molecule has 4 heteroatoms. The van der Waals surface area contributed by atoms with E-state index >= 15 is 0 Å². The molecule has 0 radical (unpaired) electrons. The molecule has 0 bridgehead atoms. The zero-order chi connectivity index (χ0) is 12.0. The Kier molecular flexibility index (Phi) is 5.08. The van der Waals surface area contributed by atoms with Crippen molar-refractivity contribution in [3.8, 4) is 11.5 Å². The highest BCUT2D eigenvalue weighted by molar-refractivity contribution is 5.43. The smallest absolute Gasteiger partial charge is 0.161 e. The van der Waals surface area contributed by atoms with E-state index in [-0.39, 0.29) is 6.04 Å². The van der Waals surface area contributed by atoms with Gasteiger partial charge in [-0.1, -0.05) is 6.07 Å². The monoisotopic (exact) mass is 224 g/mol. The molecule has 1 aromatic rings. The predicted molar refractivity (Wildman–Crippen MR) is 65.0 cm³/mol. The summed E-state index contributed by atoms with van der Waals surface area (Å²) >= 11 is 0. The number of nitrogens with two attached hydrogens (primary N) is 1. The van der Waals surface area contributed by atoms with Crippen molar-refractivity contribution in [1.29, 1.82) is 0 Å². The summed E-state index contributed by atoms with van der Waals surface area (Å²) < 4.78 is 10.4. The Morgan fingerprint density at radius 2 is 1.94 bits per heavy atom. The number of nitrogens with one attached hydrogen (secondary N) is 1. The molecular formula is C12H20N2O2. The second-order valence-corrected chi connectivity index (χ2v) is 3.58. The fourth-order valence-electron chi connectivity index (χ4n) is 1.54. The third kappa shape index (κ3) is 3.12. The van der Waals surface area contributed by atoms with Crippen molar-refractivity contribution >= 4 is 0 Å². The number of methoxy groups -OCH3 is 2. The Hall–Kier alpha value is -1.26. The molecular weight excluding hydrogens is 204 g/mol. The van der Waals surface area contributed by atoms with Crippen LogP contribution in [-0.2, 0) is 0 Å². The van der Waals surface area contributed by atoms with Gasteiger partial charge in [-0.25, -0.2) is 0 Å². The summed E-state index contributed by atoms with van der Waals surface area (Å²) in [6, 6.07) is 6.17. The van der Waals surface area contributed by atoms with E-state index in [1.54, 1.807) is 14.2 Å². The van der Waals surface area contributed by atoms with Crippen molar-refractivity contribution < 1.29 is 9.47 Å². The van der Waals surface area contributed by atoms with E-state index in [0.717, 1.165) is 23.6 Å². The Bertz CT molecular complexity index is 329. The molecule has 1 unspecified atom stereocenters. The highest BCUT2D eigenvalue weighted by Crippen LogP contribution is 2.29. The molecule has 4 nitrogen and oxygen atoms in total. The van der Waals surface area contributed by atoms with Gasteiger partial charge in [0.2, 0.25) is 0 Å². The molecule has 0 aliphatic heterocycles. The molecule has 1 rings (SSSR count). The van der Waals surface area contributed by atoms with E-state index < -0.39 is 0 Å². The minimum absolute atomic E-state index is 0.253. The fraction of sp³-hybridized carbons (Fsp3) is 0.500. The van der Waals surface area contributed by atoms with E-state index in [1.165, 1.54) is 0 Å². The standard InChI is InChI=1S/C12H20N2O2/c1-9(14-7-6-13)10-4-5-11(15-2)12(8-10)16-3/h4-5,8-9,14H,6-7,13H2,1-3H3. The summed E-state index contributed by atoms with van der Waals surface area (Å²) in [6.07, 6.45) is 0. The maximum absolute atomic E-state index is 5.45. The molecule has 16 heavy (non-hydrogen) atoms. The zero-order valence-corrected chi connectivity index (χ0v) is 10.1. The molecule has 90 valence electrons. The van der Waals surface area contributed by atoms with Crippen LogP contribution in [-0.4, -0.2) is 27.3 Å². The Labute approximate surface area is 96.7 Å². The molecule has 0 aromatic heterocycles. The molecule has 0 saturated heterocycles. The number of hydrogen-bond acceptors (Lipinski definition) is 4. The maximum atomic E-state index is 5.45. The van der Waals surface area contributed by atoms with Crippen molar-refractivity contribution in [3.05, 3.63) is 23.8 Å². The molecule has 1 aromatic carbocycles. The van der Waals surface area contributed by atoms with E-state index in [2.05, 4.69) is 12.2 Å². The quantitative estimate of drug-likeness (QED) is 0.765. The Balaban J connectivity index is 2.81. The zero-order valence-electron chi connectivity index (χ0n) is 10.1. The first-order chi connectivity index (χ1) is 7.72. The van der Waals surface area contributed by atoms with Crippen LogP contribution in [0.5, 0.6) is 11.5 Å². The van der Waals surface area contributed by atoms with Gasteiger partial charge in [0.05, 0.1) is 14.2 Å². The van der Waals surface area contributed by atoms with Crippen LogP contribution in [0.25, 0.3) is 0 Å². The first kappa shape index (κ1) is 12.8. The van der Waals surface area contributed by atoms with Crippen LogP contribution in [0.4, 0.5) is 0 Å². The van der Waals surface area contributed by atoms with E-state index in [4.69, 9.17) is 15.2 Å². The molecule has 0 heterocycles. The largest absolute Gasteiger partial charge is 0.493 e. The van der Waals surface area contributed by atoms with Gasteiger partial charge < -0.3 is 20.5 Å². The number of ether oxygens (including phenoxy) is 2. The average molecular weight is 224 g/mol. The molecule has 0 aliphatic carbocycles. The van der Waals surface area contributed by atoms with Crippen LogP contribution in [0, 0.1) is 0 Å². The predicted octanol–water partition coefficient (Wildman–Crippen LogP) is 1.31. The van der Waals surface area contributed by atoms with Crippen LogP contribution in [0.2, 0.25) is 0 Å². The van der Waals surface area contributed by atoms with Gasteiger partial charge in [0, 0.05) is 19.1 Å². The molecule has 0 aliphatic rings. The number of benzene rings is 1. The lowest BCUT2D eigenvalue weighted by Crippen LogP contribution is -2.25. The van der Waals surface area contributed by atoms with Crippen LogP contribution >= 0.6 is 0 Å². The first-order valence-electron chi connectivity index (χ1n) is 5.38. The van der Waals surface area contributed by atoms with Crippen LogP contribution in [0.15, 0.2) is 18.2 Å². The SMILES string of the molecule is COc1ccc(C(C)NCCN)cc1OC. The topological polar surface area (TPSA) is 56.5 Å². The van der Waals surface area contributed by atoms with Gasteiger partial charge in [-0.05, 0) is 24.6 Å². The van der Waals surface area contributed by atoms with Crippen molar-refractivity contribution in [2.45, 2.75) is 13.0 Å². The van der Waals surface area contributed by atoms with Gasteiger partial charge in [-0.3, -0.25) is 0 Å². The van der Waals surface area contributed by atoms with Gasteiger partial charge in [-0.15, -0.1) is 0 Å². The van der Waals surface area contributed by atoms with Gasteiger partial charge in [0.15, 0.2) is 11.5 Å². The Morgan fingerprint density at radius 3 is 2.50 bits per heavy atom. The van der Waals surface area contributed by atoms with E-state index in [1.807, 2.05) is 18.2 Å². The summed E-state index contributed by atoms with van der Waals surface area (Å²) in [7, 11) is 3.27. The summed E-state index contributed by atoms with van der Waals surface area (Å²) in [5.74, 6) is 1.50. The highest BCUT2D eigenvalue weighted by atomic mass is 16.5. The third-order valence-electron chi connectivity index (χ3n) is 2.50. The molecule has 3 N–H and O–H groups in total. The lowest BCUT2D eigenvalue weighted by molar-refractivity contribution is 0.354. The Morgan fingerprint density at radius 1 is 1.25 bits per heavy atom. The van der Waals surface area contributed by atoms with E-state index in [0.29, 0.717) is 6.54 Å². The van der Waals surface area contributed by atoms with Crippen molar-refractivity contribution in [2.24, 2.45) is 5.73 Å². The third-order valence-corrected chi connectivity index (χ3v) is 2.50. The van der Waals surface area contributed by atoms with Crippen molar-refractivity contribution in [2.75, 3.05) is 27.3 Å². The second-order valence-electron chi connectivity index (χ2n) is 3.58. The normalized spacial score (nSPS) is 12.2. The molecule has 0 saturated carbocycles. The number of rotatable bonds is 6. The van der Waals surface area contributed by atoms with Gasteiger partial charge in [-0.2, -0.15) is 0 Å². The fourth-order valence-corrected chi connectivity index (χ4v) is 1.54. The lowest BCUT2D eigenvalue weighted by atomic mass is 10.1. The van der Waals surface area contributed by atoms with Crippen molar-refractivity contribution in [1.82, 2.24) is 5.32 Å². The molecule has 0 fully saturated rings. The van der Waals surface area contributed by atoms with Crippen LogP contribution in [0.3, 0.4) is 0 Å². The summed E-state index contributed by atoms with van der Waals surface area (Å²) in [5, 5.41) is 3.32. The summed E-state index contributed by atoms with van der Waals surface area (Å²) in [4.78, 5) is 0. The van der Waals surface area contributed by atoms with Crippen LogP contribution < -0.4 is 20.5 Å². The average Bonchev–Trinajstić information content (AvgIpc) is 2.34. The summed E-state index contributed by atoms with van der Waals surface area (Å²) in [6.45, 7) is 3.53. The lowest BCUT2D eigenvalue weighted by Gasteiger charge is -2.15. The minimum Gasteiger partial charge on any atom is -0.493 e. The van der Waals surface area contributed by atoms with Gasteiger partial charge in [0.25, 0.3) is 0 Å². The second kappa shape index (κ2) is 6.35. The highest BCUT2D eigenvalue weighted by Gasteiger charge is 2.09. The minimum atomic E-state index is 0.253. The molecule has 0 amide bonds. The maximum Gasteiger partial charge on any atom is 0.161 e. The summed E-state index contributed by atoms with van der Waals surface area (Å²) in [5.41, 5.74) is 6.61. The van der Waals surface area contributed by atoms with Gasteiger partial charge >= 0.3 is 0 Å². The van der Waals surface area contributed by atoms with Gasteiger partial charge in [0.1, 0.15) is 0 Å². The first-order valence-corrected chi connectivity index (χ1v) is 5.38. The van der Waals surface area contributed by atoms with Crippen LogP contribution in [0.1, 0.15) is 18.5 Å². The van der Waals surface area contributed by atoms with Crippen molar-refractivity contribution in [3.63, 3.8) is 0 Å². The molecule has 0 spiro atoms.